The lowest BCUT2D eigenvalue weighted by atomic mass is 10.1. The summed E-state index contributed by atoms with van der Waals surface area (Å²) >= 11 is 0. The number of hydrogen-bond acceptors (Lipinski definition) is 3. The predicted octanol–water partition coefficient (Wildman–Crippen LogP) is 3.26. The third kappa shape index (κ3) is 3.81. The van der Waals surface area contributed by atoms with Crippen LogP contribution in [0, 0.1) is 5.92 Å². The molecule has 3 nitrogen and oxygen atoms in total. The zero-order valence-corrected chi connectivity index (χ0v) is 12.2. The van der Waals surface area contributed by atoms with Gasteiger partial charge in [0.15, 0.2) is 0 Å². The summed E-state index contributed by atoms with van der Waals surface area (Å²) in [4.78, 5) is 4.20. The van der Waals surface area contributed by atoms with E-state index in [1.54, 1.807) is 13.3 Å². The third-order valence-corrected chi connectivity index (χ3v) is 3.48. The SMILES string of the molecule is C=C(/C=C\C=C/C)[C@H]1C[C@@H]1NCc1cccnc1OC. The van der Waals surface area contributed by atoms with Crippen molar-refractivity contribution in [1.29, 1.82) is 0 Å². The minimum absolute atomic E-state index is 0.516. The molecule has 0 spiro atoms. The van der Waals surface area contributed by atoms with E-state index in [1.165, 1.54) is 5.57 Å². The molecular weight excluding hydrogens is 248 g/mol. The maximum Gasteiger partial charge on any atom is 0.217 e. The summed E-state index contributed by atoms with van der Waals surface area (Å²) in [6.07, 6.45) is 11.1. The van der Waals surface area contributed by atoms with Crippen molar-refractivity contribution in [1.82, 2.24) is 10.3 Å². The van der Waals surface area contributed by atoms with E-state index in [0.29, 0.717) is 17.8 Å². The Morgan fingerprint density at radius 3 is 3.15 bits per heavy atom. The van der Waals surface area contributed by atoms with Crippen molar-refractivity contribution >= 4 is 0 Å². The molecule has 106 valence electrons. The van der Waals surface area contributed by atoms with Crippen molar-refractivity contribution in [3.8, 4) is 5.88 Å². The first-order valence-electron chi connectivity index (χ1n) is 6.95. The summed E-state index contributed by atoms with van der Waals surface area (Å²) in [5.74, 6) is 1.25. The Labute approximate surface area is 121 Å². The molecule has 1 saturated carbocycles. The number of rotatable bonds is 7. The molecule has 0 unspecified atom stereocenters. The first kappa shape index (κ1) is 14.5. The van der Waals surface area contributed by atoms with Gasteiger partial charge in [-0.15, -0.1) is 0 Å². The second-order valence-corrected chi connectivity index (χ2v) is 4.96. The van der Waals surface area contributed by atoms with Crippen LogP contribution in [0.15, 0.2) is 54.8 Å². The fraction of sp³-hybridized carbons (Fsp3) is 0.353. The van der Waals surface area contributed by atoms with Crippen LogP contribution in [0.4, 0.5) is 0 Å². The zero-order valence-electron chi connectivity index (χ0n) is 12.2. The summed E-state index contributed by atoms with van der Waals surface area (Å²) in [6, 6.07) is 4.49. The Balaban J connectivity index is 1.81. The average Bonchev–Trinajstić information content (AvgIpc) is 3.25. The Morgan fingerprint density at radius 1 is 1.55 bits per heavy atom. The standard InChI is InChI=1S/C17H22N2O/c1-4-5-6-8-13(2)15-11-16(15)19-12-14-9-7-10-18-17(14)20-3/h4-10,15-16,19H,2,11-12H2,1,3H3/b5-4-,8-6-/t15-,16+/m1/s1. The smallest absolute Gasteiger partial charge is 0.217 e. The largest absolute Gasteiger partial charge is 0.481 e. The molecule has 1 aromatic heterocycles. The molecule has 1 N–H and O–H groups in total. The molecule has 0 bridgehead atoms. The van der Waals surface area contributed by atoms with E-state index in [2.05, 4.69) is 23.0 Å². The highest BCUT2D eigenvalue weighted by Gasteiger charge is 2.37. The molecule has 1 aliphatic carbocycles. The van der Waals surface area contributed by atoms with Crippen molar-refractivity contribution in [2.45, 2.75) is 25.9 Å². The molecule has 1 fully saturated rings. The summed E-state index contributed by atoms with van der Waals surface area (Å²) in [6.45, 7) is 6.92. The van der Waals surface area contributed by atoms with Crippen molar-refractivity contribution < 1.29 is 4.74 Å². The van der Waals surface area contributed by atoms with E-state index in [0.717, 1.165) is 18.5 Å². The van der Waals surface area contributed by atoms with Crippen LogP contribution < -0.4 is 10.1 Å². The fourth-order valence-corrected chi connectivity index (χ4v) is 2.23. The maximum atomic E-state index is 5.25. The van der Waals surface area contributed by atoms with Gasteiger partial charge in [0, 0.05) is 30.3 Å². The molecule has 3 heteroatoms. The van der Waals surface area contributed by atoms with Crippen LogP contribution in [0.25, 0.3) is 0 Å². The number of allylic oxidation sites excluding steroid dienone is 4. The van der Waals surface area contributed by atoms with Gasteiger partial charge in [-0.05, 0) is 19.4 Å². The van der Waals surface area contributed by atoms with Gasteiger partial charge in [0.05, 0.1) is 7.11 Å². The van der Waals surface area contributed by atoms with Crippen LogP contribution in [-0.2, 0) is 6.54 Å². The highest BCUT2D eigenvalue weighted by atomic mass is 16.5. The van der Waals surface area contributed by atoms with E-state index in [1.807, 2.05) is 37.3 Å². The van der Waals surface area contributed by atoms with Crippen molar-refractivity contribution in [2.75, 3.05) is 7.11 Å². The Morgan fingerprint density at radius 2 is 2.40 bits per heavy atom. The van der Waals surface area contributed by atoms with Gasteiger partial charge < -0.3 is 10.1 Å². The Bertz CT molecular complexity index is 519. The number of hydrogen-bond donors (Lipinski definition) is 1. The van der Waals surface area contributed by atoms with Crippen molar-refractivity contribution in [3.05, 3.63) is 60.3 Å². The first-order chi connectivity index (χ1) is 9.76. The van der Waals surface area contributed by atoms with Crippen LogP contribution in [0.3, 0.4) is 0 Å². The summed E-state index contributed by atoms with van der Waals surface area (Å²) in [7, 11) is 1.65. The van der Waals surface area contributed by atoms with Crippen molar-refractivity contribution in [3.63, 3.8) is 0 Å². The molecule has 2 atom stereocenters. The monoisotopic (exact) mass is 270 g/mol. The lowest BCUT2D eigenvalue weighted by Gasteiger charge is -2.08. The molecule has 0 aliphatic heterocycles. The van der Waals surface area contributed by atoms with Gasteiger partial charge in [-0.2, -0.15) is 0 Å². The molecule has 1 heterocycles. The van der Waals surface area contributed by atoms with Gasteiger partial charge in [-0.3, -0.25) is 0 Å². The molecule has 0 radical (unpaired) electrons. The Hall–Kier alpha value is -1.87. The molecule has 0 amide bonds. The van der Waals surface area contributed by atoms with E-state index < -0.39 is 0 Å². The van der Waals surface area contributed by atoms with Crippen LogP contribution >= 0.6 is 0 Å². The highest BCUT2D eigenvalue weighted by Crippen LogP contribution is 2.37. The lowest BCUT2D eigenvalue weighted by molar-refractivity contribution is 0.390. The molecule has 1 aromatic rings. The molecule has 0 saturated heterocycles. The number of methoxy groups -OCH3 is 1. The topological polar surface area (TPSA) is 34.2 Å². The summed E-state index contributed by atoms with van der Waals surface area (Å²) in [5, 5.41) is 3.54. The lowest BCUT2D eigenvalue weighted by Crippen LogP contribution is -2.18. The maximum absolute atomic E-state index is 5.25. The average molecular weight is 270 g/mol. The van der Waals surface area contributed by atoms with Gasteiger partial charge in [0.2, 0.25) is 5.88 Å². The van der Waals surface area contributed by atoms with Crippen LogP contribution in [0.2, 0.25) is 0 Å². The number of nitrogens with zero attached hydrogens (tertiary/aromatic N) is 1. The van der Waals surface area contributed by atoms with Gasteiger partial charge in [-0.1, -0.05) is 42.5 Å². The molecule has 2 rings (SSSR count). The Kier molecular flexibility index (Phi) is 5.13. The molecule has 0 aromatic carbocycles. The van der Waals surface area contributed by atoms with Crippen molar-refractivity contribution in [2.24, 2.45) is 5.92 Å². The molecular formula is C17H22N2O. The van der Waals surface area contributed by atoms with E-state index in [-0.39, 0.29) is 0 Å². The number of nitrogens with one attached hydrogen (secondary N) is 1. The fourth-order valence-electron chi connectivity index (χ4n) is 2.23. The predicted molar refractivity (Wildman–Crippen MR) is 82.6 cm³/mol. The van der Waals surface area contributed by atoms with E-state index >= 15 is 0 Å². The number of ether oxygens (including phenoxy) is 1. The minimum Gasteiger partial charge on any atom is -0.481 e. The van der Waals surface area contributed by atoms with E-state index in [4.69, 9.17) is 4.74 Å². The second kappa shape index (κ2) is 7.06. The van der Waals surface area contributed by atoms with E-state index in [9.17, 15) is 0 Å². The summed E-state index contributed by atoms with van der Waals surface area (Å²) < 4.78 is 5.25. The van der Waals surface area contributed by atoms with Crippen LogP contribution in [-0.4, -0.2) is 18.1 Å². The highest BCUT2D eigenvalue weighted by molar-refractivity contribution is 5.29. The summed E-state index contributed by atoms with van der Waals surface area (Å²) in [5.41, 5.74) is 2.29. The normalized spacial score (nSPS) is 21.5. The second-order valence-electron chi connectivity index (χ2n) is 4.96. The number of aromatic nitrogens is 1. The van der Waals surface area contributed by atoms with Gasteiger partial charge >= 0.3 is 0 Å². The zero-order chi connectivity index (χ0) is 14.4. The van der Waals surface area contributed by atoms with Gasteiger partial charge in [-0.25, -0.2) is 4.98 Å². The van der Waals surface area contributed by atoms with Crippen LogP contribution in [0.5, 0.6) is 5.88 Å². The quantitative estimate of drug-likeness (QED) is 0.772. The molecule has 20 heavy (non-hydrogen) atoms. The van der Waals surface area contributed by atoms with Crippen LogP contribution in [0.1, 0.15) is 18.9 Å². The van der Waals surface area contributed by atoms with Gasteiger partial charge in [0.25, 0.3) is 0 Å². The number of pyridine rings is 1. The molecule has 1 aliphatic rings. The first-order valence-corrected chi connectivity index (χ1v) is 6.95. The minimum atomic E-state index is 0.516. The van der Waals surface area contributed by atoms with Gasteiger partial charge in [0.1, 0.15) is 0 Å². The third-order valence-electron chi connectivity index (χ3n) is 3.48.